The van der Waals surface area contributed by atoms with Crippen molar-refractivity contribution in [3.63, 3.8) is 0 Å². The lowest BCUT2D eigenvalue weighted by Crippen LogP contribution is -2.30. The average Bonchev–Trinajstić information content (AvgIpc) is 2.45. The van der Waals surface area contributed by atoms with Crippen molar-refractivity contribution >= 4 is 15.9 Å². The summed E-state index contributed by atoms with van der Waals surface area (Å²) in [5.41, 5.74) is 1.13. The van der Waals surface area contributed by atoms with Crippen molar-refractivity contribution in [2.45, 2.75) is 26.3 Å². The average molecular weight is 358 g/mol. The largest absolute Gasteiger partial charge is 0.503 e. The van der Waals surface area contributed by atoms with Crippen molar-refractivity contribution in [1.29, 1.82) is 0 Å². The molecule has 21 heavy (non-hydrogen) atoms. The van der Waals surface area contributed by atoms with Crippen LogP contribution in [0, 0.1) is 5.92 Å². The molecule has 118 valence electrons. The number of hydrogen-bond acceptors (Lipinski definition) is 4. The molecule has 0 saturated carbocycles. The summed E-state index contributed by atoms with van der Waals surface area (Å²) < 4.78 is 11.7. The van der Waals surface area contributed by atoms with E-state index in [1.54, 1.807) is 0 Å². The molecule has 0 spiro atoms. The van der Waals surface area contributed by atoms with Crippen LogP contribution >= 0.6 is 15.9 Å². The van der Waals surface area contributed by atoms with Gasteiger partial charge >= 0.3 is 0 Å². The zero-order valence-electron chi connectivity index (χ0n) is 12.8. The molecule has 2 rings (SSSR count). The highest BCUT2D eigenvalue weighted by molar-refractivity contribution is 9.10. The third-order valence-corrected chi connectivity index (χ3v) is 4.27. The molecule has 0 aromatic heterocycles. The van der Waals surface area contributed by atoms with E-state index in [9.17, 15) is 5.11 Å². The molecular formula is C16H24BrNO3. The van der Waals surface area contributed by atoms with Crippen molar-refractivity contribution in [2.24, 2.45) is 5.92 Å². The second-order valence-electron chi connectivity index (χ2n) is 5.64. The second kappa shape index (κ2) is 8.01. The Bertz CT molecular complexity index is 461. The fourth-order valence-electron chi connectivity index (χ4n) is 2.75. The zero-order chi connectivity index (χ0) is 15.2. The molecule has 1 fully saturated rings. The van der Waals surface area contributed by atoms with Gasteiger partial charge in [0.25, 0.3) is 0 Å². The molecule has 0 radical (unpaired) electrons. The summed E-state index contributed by atoms with van der Waals surface area (Å²) in [5, 5.41) is 9.95. The van der Waals surface area contributed by atoms with Gasteiger partial charge in [0.2, 0.25) is 0 Å². The minimum absolute atomic E-state index is 0.170. The first-order chi connectivity index (χ1) is 10.1. The summed E-state index contributed by atoms with van der Waals surface area (Å²) in [7, 11) is 2.12. The van der Waals surface area contributed by atoms with E-state index < -0.39 is 0 Å². The van der Waals surface area contributed by atoms with Gasteiger partial charge in [-0.15, -0.1) is 0 Å². The van der Waals surface area contributed by atoms with Crippen molar-refractivity contribution in [2.75, 3.05) is 33.4 Å². The van der Waals surface area contributed by atoms with Gasteiger partial charge in [-0.3, -0.25) is 0 Å². The number of rotatable bonds is 6. The van der Waals surface area contributed by atoms with Crippen molar-refractivity contribution in [1.82, 2.24) is 4.90 Å². The maximum atomic E-state index is 9.95. The highest BCUT2D eigenvalue weighted by atomic mass is 79.9. The summed E-state index contributed by atoms with van der Waals surface area (Å²) in [6.45, 7) is 6.09. The topological polar surface area (TPSA) is 41.9 Å². The minimum atomic E-state index is 0.170. The predicted octanol–water partition coefficient (Wildman–Crippen LogP) is 3.41. The molecule has 1 aromatic rings. The van der Waals surface area contributed by atoms with Gasteiger partial charge in [-0.2, -0.15) is 0 Å². The van der Waals surface area contributed by atoms with Crippen LogP contribution in [0.25, 0.3) is 0 Å². The van der Waals surface area contributed by atoms with E-state index in [1.165, 1.54) is 6.42 Å². The number of ether oxygens (including phenoxy) is 2. The third kappa shape index (κ3) is 4.87. The summed E-state index contributed by atoms with van der Waals surface area (Å²) in [6, 6.07) is 3.86. The van der Waals surface area contributed by atoms with Crippen LogP contribution in [0.15, 0.2) is 16.6 Å². The standard InChI is InChI=1S/C16H24BrNO3/c1-3-21-15-8-13(7-14(17)16(15)19)10-18(2)9-12-5-4-6-20-11-12/h7-8,12,19H,3-6,9-11H2,1-2H3. The molecule has 1 aromatic carbocycles. The molecule has 1 saturated heterocycles. The van der Waals surface area contributed by atoms with Crippen LogP contribution < -0.4 is 4.74 Å². The summed E-state index contributed by atoms with van der Waals surface area (Å²) in [4.78, 5) is 2.30. The maximum Gasteiger partial charge on any atom is 0.172 e. The highest BCUT2D eigenvalue weighted by Gasteiger charge is 2.17. The predicted molar refractivity (Wildman–Crippen MR) is 86.9 cm³/mol. The van der Waals surface area contributed by atoms with Crippen LogP contribution in [0.4, 0.5) is 0 Å². The van der Waals surface area contributed by atoms with Gasteiger partial charge in [0, 0.05) is 19.7 Å². The number of phenolic OH excluding ortho intramolecular Hbond substituents is 1. The summed E-state index contributed by atoms with van der Waals surface area (Å²) in [5.74, 6) is 1.33. The lowest BCUT2D eigenvalue weighted by atomic mass is 10.0. The third-order valence-electron chi connectivity index (χ3n) is 3.67. The van der Waals surface area contributed by atoms with E-state index in [0.29, 0.717) is 22.7 Å². The van der Waals surface area contributed by atoms with Gasteiger partial charge < -0.3 is 19.5 Å². The van der Waals surface area contributed by atoms with Crippen LogP contribution in [-0.2, 0) is 11.3 Å². The lowest BCUT2D eigenvalue weighted by molar-refractivity contribution is 0.0411. The molecule has 1 N–H and O–H groups in total. The van der Waals surface area contributed by atoms with Gasteiger partial charge in [-0.25, -0.2) is 0 Å². The summed E-state index contributed by atoms with van der Waals surface area (Å²) >= 11 is 3.39. The molecule has 0 amide bonds. The Balaban J connectivity index is 1.97. The number of aromatic hydroxyl groups is 1. The first-order valence-electron chi connectivity index (χ1n) is 7.50. The molecule has 5 heteroatoms. The fraction of sp³-hybridized carbons (Fsp3) is 0.625. The quantitative estimate of drug-likeness (QED) is 0.846. The van der Waals surface area contributed by atoms with Crippen LogP contribution in [-0.4, -0.2) is 43.4 Å². The minimum Gasteiger partial charge on any atom is -0.503 e. The van der Waals surface area contributed by atoms with E-state index in [1.807, 2.05) is 19.1 Å². The van der Waals surface area contributed by atoms with Gasteiger partial charge in [-0.05, 0) is 66.4 Å². The first-order valence-corrected chi connectivity index (χ1v) is 8.30. The van der Waals surface area contributed by atoms with Crippen molar-refractivity contribution in [3.8, 4) is 11.5 Å². The molecule has 1 unspecified atom stereocenters. The van der Waals surface area contributed by atoms with Gasteiger partial charge in [0.05, 0.1) is 17.7 Å². The number of hydrogen-bond donors (Lipinski definition) is 1. The maximum absolute atomic E-state index is 9.95. The van der Waals surface area contributed by atoms with Crippen molar-refractivity contribution < 1.29 is 14.6 Å². The Hall–Kier alpha value is -0.780. The Morgan fingerprint density at radius 2 is 2.29 bits per heavy atom. The number of halogens is 1. The smallest absolute Gasteiger partial charge is 0.172 e. The normalized spacial score (nSPS) is 19.0. The van der Waals surface area contributed by atoms with Crippen LogP contribution in [0.5, 0.6) is 11.5 Å². The molecule has 0 aliphatic carbocycles. The lowest BCUT2D eigenvalue weighted by Gasteiger charge is -2.27. The summed E-state index contributed by atoms with van der Waals surface area (Å²) in [6.07, 6.45) is 2.41. The molecule has 4 nitrogen and oxygen atoms in total. The second-order valence-corrected chi connectivity index (χ2v) is 6.49. The van der Waals surface area contributed by atoms with E-state index in [2.05, 4.69) is 27.9 Å². The Kier molecular flexibility index (Phi) is 6.33. The number of nitrogens with zero attached hydrogens (tertiary/aromatic N) is 1. The van der Waals surface area contributed by atoms with Crippen LogP contribution in [0.1, 0.15) is 25.3 Å². The SMILES string of the molecule is CCOc1cc(CN(C)CC2CCCOC2)cc(Br)c1O. The molecule has 1 atom stereocenters. The Labute approximate surface area is 135 Å². The Morgan fingerprint density at radius 3 is 2.95 bits per heavy atom. The van der Waals surface area contributed by atoms with Gasteiger partial charge in [-0.1, -0.05) is 0 Å². The molecular weight excluding hydrogens is 334 g/mol. The first kappa shape index (κ1) is 16.6. The highest BCUT2D eigenvalue weighted by Crippen LogP contribution is 2.35. The number of benzene rings is 1. The van der Waals surface area contributed by atoms with Crippen LogP contribution in [0.2, 0.25) is 0 Å². The fourth-order valence-corrected chi connectivity index (χ4v) is 3.24. The van der Waals surface area contributed by atoms with E-state index in [4.69, 9.17) is 9.47 Å². The molecule has 1 aliphatic rings. The van der Waals surface area contributed by atoms with Gasteiger partial charge in [0.15, 0.2) is 11.5 Å². The molecule has 1 aliphatic heterocycles. The van der Waals surface area contributed by atoms with Crippen molar-refractivity contribution in [3.05, 3.63) is 22.2 Å². The Morgan fingerprint density at radius 1 is 1.48 bits per heavy atom. The molecule has 0 bridgehead atoms. The number of phenols is 1. The van der Waals surface area contributed by atoms with E-state index in [-0.39, 0.29) is 5.75 Å². The van der Waals surface area contributed by atoms with Crippen LogP contribution in [0.3, 0.4) is 0 Å². The van der Waals surface area contributed by atoms with E-state index >= 15 is 0 Å². The van der Waals surface area contributed by atoms with E-state index in [0.717, 1.165) is 38.3 Å². The van der Waals surface area contributed by atoms with Gasteiger partial charge in [0.1, 0.15) is 0 Å². The zero-order valence-corrected chi connectivity index (χ0v) is 14.4. The molecule has 1 heterocycles. The monoisotopic (exact) mass is 357 g/mol.